The second-order valence-corrected chi connectivity index (χ2v) is 26.0. The van der Waals surface area contributed by atoms with Gasteiger partial charge in [0.2, 0.25) is 0 Å². The Morgan fingerprint density at radius 2 is 0.602 bits per heavy atom. The summed E-state index contributed by atoms with van der Waals surface area (Å²) in [5, 5.41) is 0. The van der Waals surface area contributed by atoms with Crippen molar-refractivity contribution in [3.63, 3.8) is 0 Å². The number of rotatable bonds is 21. The first-order valence-electron chi connectivity index (χ1n) is 26.7. The minimum atomic E-state index is -4.72. The highest BCUT2D eigenvalue weighted by Gasteiger charge is 2.43. The molecule has 0 saturated carbocycles. The Labute approximate surface area is 488 Å². The lowest BCUT2D eigenvalue weighted by Crippen LogP contribution is -2.33. The van der Waals surface area contributed by atoms with Crippen molar-refractivity contribution in [3.05, 3.63) is 308 Å². The van der Waals surface area contributed by atoms with Crippen LogP contribution in [0.5, 0.6) is 23.0 Å². The van der Waals surface area contributed by atoms with Crippen LogP contribution in [0.25, 0.3) is 44.5 Å². The minimum Gasteiger partial charge on any atom is -0.426 e. The average molecular weight is 1170 g/mol. The fraction of sp³-hybridized carbons (Fsp3) is 0.0435. The van der Waals surface area contributed by atoms with E-state index in [0.717, 1.165) is 33.4 Å². The predicted molar refractivity (Wildman–Crippen MR) is 335 cm³/mol. The molecule has 0 saturated heterocycles. The molecule has 0 amide bonds. The Balaban J connectivity index is 1.14. The summed E-state index contributed by atoms with van der Waals surface area (Å²) in [7, 11) is -15.0. The molecule has 11 aromatic rings. The number of hydrogen-bond acceptors (Lipinski definition) is 8. The van der Waals surface area contributed by atoms with Gasteiger partial charge in [-0.2, -0.15) is 4.08 Å². The second-order valence-electron chi connectivity index (χ2n) is 19.3. The van der Waals surface area contributed by atoms with Crippen molar-refractivity contribution in [2.45, 2.75) is 30.2 Å². The zero-order valence-corrected chi connectivity index (χ0v) is 48.7. The predicted octanol–water partition coefficient (Wildman–Crippen LogP) is 18.1. The van der Waals surface area contributed by atoms with E-state index in [1.165, 1.54) is 8.15 Å². The third-order valence-electron chi connectivity index (χ3n) is 13.6. The molecule has 0 atom stereocenters. The SMILES string of the molecule is Cc1ccc(S(=O)(=O)N(Cc2ccccc2N(P(Oc2ccccc2-c2ccccc2)Oc2ccccc2-c2ccccc2)S(=O)(=O)c2ccc(C)cc2)P(Oc2ccccc2-c2ccccc2)Oc2ccccc2-c2ccccc2)cc1. The van der Waals surface area contributed by atoms with Crippen molar-refractivity contribution < 1.29 is 34.9 Å². The van der Waals surface area contributed by atoms with E-state index in [9.17, 15) is 0 Å². The third kappa shape index (κ3) is 12.8. The standard InChI is InChI=1S/C69H56N2O8P2S2/c1-52-43-47-59(48-44-52)82(72,73)70(80(76-66-39-21-16-34-61(66)54-25-7-3-8-26-54)77-67-40-22-17-35-62(67)55-27-9-4-10-28-55)51-58-33-15-20-38-65(58)71(83(74,75)60-49-45-53(2)46-50-60)81(78-68-41-23-18-36-63(68)56-29-11-5-12-30-56)79-69-42-24-19-37-64(69)57-31-13-6-14-32-57/h3-50H,51H2,1-2H3. The number of nitrogens with zero attached hydrogens (tertiary/aromatic N) is 2. The molecule has 0 N–H and O–H groups in total. The van der Waals surface area contributed by atoms with Crippen molar-refractivity contribution in [2.24, 2.45) is 0 Å². The highest BCUT2D eigenvalue weighted by molar-refractivity contribution is 7.99. The zero-order chi connectivity index (χ0) is 57.2. The van der Waals surface area contributed by atoms with Crippen LogP contribution in [0.3, 0.4) is 0 Å². The Hall–Kier alpha value is -8.86. The van der Waals surface area contributed by atoms with Gasteiger partial charge in [-0.05, 0) is 96.3 Å². The van der Waals surface area contributed by atoms with Crippen LogP contribution < -0.4 is 22.2 Å². The van der Waals surface area contributed by atoms with Gasteiger partial charge in [0, 0.05) is 22.3 Å². The number of aryl methyl sites for hydroxylation is 2. The molecule has 0 aliphatic rings. The quantitative estimate of drug-likeness (QED) is 0.0654. The molecule has 0 bridgehead atoms. The molecule has 0 unspecified atom stereocenters. The molecule has 10 nitrogen and oxygen atoms in total. The van der Waals surface area contributed by atoms with Gasteiger partial charge in [-0.3, -0.25) is 0 Å². The van der Waals surface area contributed by atoms with Crippen LogP contribution in [0.1, 0.15) is 16.7 Å². The number of sulfonamides is 2. The first-order chi connectivity index (χ1) is 40.5. The first-order valence-corrected chi connectivity index (χ1v) is 31.8. The van der Waals surface area contributed by atoms with Gasteiger partial charge in [-0.25, -0.2) is 16.8 Å². The molecule has 11 rings (SSSR count). The van der Waals surface area contributed by atoms with E-state index in [0.29, 0.717) is 45.3 Å². The van der Waals surface area contributed by atoms with Gasteiger partial charge in [-0.15, -0.1) is 4.08 Å². The maximum atomic E-state index is 16.2. The van der Waals surface area contributed by atoms with Crippen LogP contribution in [0, 0.1) is 13.8 Å². The molecule has 83 heavy (non-hydrogen) atoms. The topological polar surface area (TPSA) is 112 Å². The first kappa shape index (κ1) is 56.0. The van der Waals surface area contributed by atoms with E-state index in [-0.39, 0.29) is 21.0 Å². The second kappa shape index (κ2) is 25.5. The number of anilines is 1. The Kier molecular flexibility index (Phi) is 17.2. The molecule has 0 radical (unpaired) electrons. The number of hydrogen-bond donors (Lipinski definition) is 0. The van der Waals surface area contributed by atoms with Crippen LogP contribution in [0.15, 0.2) is 301 Å². The van der Waals surface area contributed by atoms with E-state index in [4.69, 9.17) is 18.1 Å². The molecule has 0 spiro atoms. The Morgan fingerprint density at radius 3 is 0.964 bits per heavy atom. The van der Waals surface area contributed by atoms with Gasteiger partial charge in [0.1, 0.15) is 23.0 Å². The smallest absolute Gasteiger partial charge is 0.426 e. The van der Waals surface area contributed by atoms with Crippen LogP contribution in [0.2, 0.25) is 0 Å². The van der Waals surface area contributed by atoms with Gasteiger partial charge in [-0.1, -0.05) is 248 Å². The summed E-state index contributed by atoms with van der Waals surface area (Å²) in [6.45, 7) is 3.28. The third-order valence-corrected chi connectivity index (χ3v) is 21.2. The molecule has 0 fully saturated rings. The fourth-order valence-corrected chi connectivity index (χ4v) is 16.2. The van der Waals surface area contributed by atoms with Gasteiger partial charge in [0.05, 0.1) is 22.0 Å². The van der Waals surface area contributed by atoms with Gasteiger partial charge >= 0.3 is 17.1 Å². The molecule has 0 aliphatic heterocycles. The maximum Gasteiger partial charge on any atom is 0.432 e. The minimum absolute atomic E-state index is 0.0407. The summed E-state index contributed by atoms with van der Waals surface area (Å²) in [6.07, 6.45) is 0. The number of benzene rings is 11. The Morgan fingerprint density at radius 1 is 0.313 bits per heavy atom. The maximum absolute atomic E-state index is 16.2. The van der Waals surface area contributed by atoms with E-state index in [1.807, 2.05) is 208 Å². The van der Waals surface area contributed by atoms with Crippen molar-refractivity contribution in [1.29, 1.82) is 0 Å². The van der Waals surface area contributed by atoms with Crippen LogP contribution in [-0.4, -0.2) is 20.9 Å². The lowest BCUT2D eigenvalue weighted by atomic mass is 10.1. The molecule has 11 aromatic carbocycles. The summed E-state index contributed by atoms with van der Waals surface area (Å²) in [4.78, 5) is -0.0977. The van der Waals surface area contributed by atoms with Gasteiger partial charge in [0.15, 0.2) is 0 Å². The fourth-order valence-electron chi connectivity index (χ4n) is 9.30. The molecular weight excluding hydrogens is 1110 g/mol. The summed E-state index contributed by atoms with van der Waals surface area (Å²) in [6, 6.07) is 88.2. The van der Waals surface area contributed by atoms with Crippen LogP contribution >= 0.6 is 17.1 Å². The van der Waals surface area contributed by atoms with E-state index >= 15 is 16.8 Å². The van der Waals surface area contributed by atoms with Crippen molar-refractivity contribution in [1.82, 2.24) is 4.08 Å². The van der Waals surface area contributed by atoms with E-state index in [2.05, 4.69) is 0 Å². The summed E-state index contributed by atoms with van der Waals surface area (Å²) in [5.41, 5.74) is 8.05. The normalized spacial score (nSPS) is 11.6. The molecule has 0 heterocycles. The van der Waals surface area contributed by atoms with Crippen LogP contribution in [-0.2, 0) is 26.6 Å². The van der Waals surface area contributed by atoms with Gasteiger partial charge < -0.3 is 18.1 Å². The summed E-state index contributed by atoms with van der Waals surface area (Å²) < 4.78 is 95.6. The highest BCUT2D eigenvalue weighted by atomic mass is 32.2. The van der Waals surface area contributed by atoms with Crippen molar-refractivity contribution >= 4 is 42.8 Å². The zero-order valence-electron chi connectivity index (χ0n) is 45.3. The average Bonchev–Trinajstić information content (AvgIpc) is 3.02. The lowest BCUT2D eigenvalue weighted by Gasteiger charge is -2.34. The largest absolute Gasteiger partial charge is 0.432 e. The van der Waals surface area contributed by atoms with Crippen LogP contribution in [0.4, 0.5) is 5.69 Å². The monoisotopic (exact) mass is 1170 g/mol. The van der Waals surface area contributed by atoms with E-state index in [1.54, 1.807) is 97.1 Å². The number of para-hydroxylation sites is 5. The summed E-state index contributed by atoms with van der Waals surface area (Å²) in [5.74, 6) is 1.38. The van der Waals surface area contributed by atoms with Gasteiger partial charge in [0.25, 0.3) is 20.0 Å². The van der Waals surface area contributed by atoms with E-state index < -0.39 is 43.6 Å². The lowest BCUT2D eigenvalue weighted by molar-refractivity contribution is 0.419. The van der Waals surface area contributed by atoms with Crippen molar-refractivity contribution in [2.75, 3.05) is 4.08 Å². The Bertz CT molecular complexity index is 4040. The summed E-state index contributed by atoms with van der Waals surface area (Å²) >= 11 is 0. The molecule has 14 heteroatoms. The highest BCUT2D eigenvalue weighted by Crippen LogP contribution is 2.56. The van der Waals surface area contributed by atoms with Crippen molar-refractivity contribution in [3.8, 4) is 67.5 Å². The molecule has 0 aliphatic carbocycles. The molecule has 0 aromatic heterocycles. The molecule has 412 valence electrons. The molecular formula is C69H56N2O8P2S2.